The molecule has 0 saturated heterocycles. The molecule has 1 heterocycles. The van der Waals surface area contributed by atoms with Crippen molar-refractivity contribution in [3.63, 3.8) is 0 Å². The fourth-order valence-corrected chi connectivity index (χ4v) is 3.71. The SMILES string of the molecule is CN(Cc1ccccc1)[C@H]1C=C[C@@H](n2[nH]c(=O)n(C)c2=O)c2ccccc21. The first-order valence-electron chi connectivity index (χ1n) is 8.95. The molecule has 0 amide bonds. The van der Waals surface area contributed by atoms with Crippen molar-refractivity contribution in [2.45, 2.75) is 18.6 Å². The van der Waals surface area contributed by atoms with Crippen LogP contribution in [0.4, 0.5) is 0 Å². The van der Waals surface area contributed by atoms with Crippen LogP contribution in [0, 0.1) is 0 Å². The van der Waals surface area contributed by atoms with Gasteiger partial charge in [0.2, 0.25) is 0 Å². The Balaban J connectivity index is 1.71. The lowest BCUT2D eigenvalue weighted by Gasteiger charge is -2.32. The first-order valence-corrected chi connectivity index (χ1v) is 8.95. The van der Waals surface area contributed by atoms with Crippen LogP contribution in [-0.2, 0) is 13.6 Å². The maximum Gasteiger partial charge on any atom is 0.347 e. The fraction of sp³-hybridized carbons (Fsp3) is 0.238. The van der Waals surface area contributed by atoms with Crippen LogP contribution in [0.3, 0.4) is 0 Å². The van der Waals surface area contributed by atoms with E-state index < -0.39 is 5.69 Å². The Bertz CT molecular complexity index is 1090. The van der Waals surface area contributed by atoms with Crippen molar-refractivity contribution in [2.24, 2.45) is 7.05 Å². The Labute approximate surface area is 157 Å². The lowest BCUT2D eigenvalue weighted by molar-refractivity contribution is 0.271. The predicted molar refractivity (Wildman–Crippen MR) is 105 cm³/mol. The average Bonchev–Trinajstić information content (AvgIpc) is 2.95. The number of aromatic amines is 1. The quantitative estimate of drug-likeness (QED) is 0.724. The Morgan fingerprint density at radius 2 is 1.63 bits per heavy atom. The van der Waals surface area contributed by atoms with E-state index in [-0.39, 0.29) is 17.8 Å². The van der Waals surface area contributed by atoms with Crippen molar-refractivity contribution in [3.8, 4) is 0 Å². The van der Waals surface area contributed by atoms with Gasteiger partial charge in [-0.1, -0.05) is 66.7 Å². The minimum absolute atomic E-state index is 0.101. The first-order chi connectivity index (χ1) is 13.1. The summed E-state index contributed by atoms with van der Waals surface area (Å²) >= 11 is 0. The summed E-state index contributed by atoms with van der Waals surface area (Å²) in [6.07, 6.45) is 4.10. The van der Waals surface area contributed by atoms with Crippen molar-refractivity contribution < 1.29 is 0 Å². The molecule has 4 rings (SSSR count). The topological polar surface area (TPSA) is 63.0 Å². The van der Waals surface area contributed by atoms with Gasteiger partial charge in [-0.2, -0.15) is 0 Å². The molecule has 6 heteroatoms. The van der Waals surface area contributed by atoms with Gasteiger partial charge in [0.25, 0.3) is 0 Å². The number of hydrogen-bond acceptors (Lipinski definition) is 3. The van der Waals surface area contributed by atoms with E-state index in [1.165, 1.54) is 17.3 Å². The van der Waals surface area contributed by atoms with E-state index in [1.807, 2.05) is 42.5 Å². The van der Waals surface area contributed by atoms with Gasteiger partial charge in [0.15, 0.2) is 0 Å². The zero-order valence-electron chi connectivity index (χ0n) is 15.4. The van der Waals surface area contributed by atoms with Crippen LogP contribution in [-0.4, -0.2) is 26.3 Å². The number of likely N-dealkylation sites (N-methyl/N-ethyl adjacent to an activating group) is 1. The first kappa shape index (κ1) is 17.3. The highest BCUT2D eigenvalue weighted by atomic mass is 16.2. The lowest BCUT2D eigenvalue weighted by atomic mass is 9.89. The number of hydrogen-bond donors (Lipinski definition) is 1. The largest absolute Gasteiger partial charge is 0.347 e. The van der Waals surface area contributed by atoms with Crippen molar-refractivity contribution in [3.05, 3.63) is 104 Å². The molecule has 0 unspecified atom stereocenters. The summed E-state index contributed by atoms with van der Waals surface area (Å²) in [6.45, 7) is 0.816. The van der Waals surface area contributed by atoms with E-state index in [0.29, 0.717) is 0 Å². The smallest absolute Gasteiger partial charge is 0.292 e. The second-order valence-corrected chi connectivity index (χ2v) is 6.93. The van der Waals surface area contributed by atoms with Gasteiger partial charge in [-0.05, 0) is 23.7 Å². The number of H-pyrrole nitrogens is 1. The van der Waals surface area contributed by atoms with Crippen molar-refractivity contribution in [2.75, 3.05) is 7.05 Å². The molecule has 0 fully saturated rings. The van der Waals surface area contributed by atoms with Crippen LogP contribution in [0.5, 0.6) is 0 Å². The Kier molecular flexibility index (Phi) is 4.41. The van der Waals surface area contributed by atoms with Crippen LogP contribution >= 0.6 is 0 Å². The number of rotatable bonds is 4. The minimum atomic E-state index is -0.408. The van der Waals surface area contributed by atoms with E-state index in [4.69, 9.17) is 0 Å². The summed E-state index contributed by atoms with van der Waals surface area (Å²) in [7, 11) is 3.57. The fourth-order valence-electron chi connectivity index (χ4n) is 3.71. The summed E-state index contributed by atoms with van der Waals surface area (Å²) in [5.74, 6) is 0. The Hall–Kier alpha value is -3.12. The molecule has 0 spiro atoms. The third kappa shape index (κ3) is 3.08. The molecule has 1 N–H and O–H groups in total. The van der Waals surface area contributed by atoms with Crippen molar-refractivity contribution >= 4 is 0 Å². The molecule has 2 atom stereocenters. The third-order valence-corrected chi connectivity index (χ3v) is 5.15. The molecular weight excluding hydrogens is 340 g/mol. The summed E-state index contributed by atoms with van der Waals surface area (Å²) in [5.41, 5.74) is 2.65. The number of aromatic nitrogens is 3. The zero-order chi connectivity index (χ0) is 19.0. The average molecular weight is 362 g/mol. The van der Waals surface area contributed by atoms with E-state index in [9.17, 15) is 9.59 Å². The third-order valence-electron chi connectivity index (χ3n) is 5.15. The summed E-state index contributed by atoms with van der Waals surface area (Å²) < 4.78 is 2.48. The molecule has 0 bridgehead atoms. The van der Waals surface area contributed by atoms with Crippen molar-refractivity contribution in [1.82, 2.24) is 19.2 Å². The number of nitrogens with zero attached hydrogens (tertiary/aromatic N) is 3. The molecule has 0 aliphatic heterocycles. The van der Waals surface area contributed by atoms with E-state index in [1.54, 1.807) is 0 Å². The van der Waals surface area contributed by atoms with Crippen LogP contribution < -0.4 is 11.4 Å². The van der Waals surface area contributed by atoms with E-state index >= 15 is 0 Å². The molecule has 3 aromatic rings. The van der Waals surface area contributed by atoms with Gasteiger partial charge in [-0.25, -0.2) is 23.9 Å². The maximum atomic E-state index is 12.4. The standard InChI is InChI=1S/C21H22N4O2/c1-23(14-15-8-4-3-5-9-15)18-12-13-19(17-11-7-6-10-16(17)18)25-21(27)24(2)20(26)22-25/h3-13,18-19H,14H2,1-2H3,(H,22,26)/t18-,19+/m0/s1. The Morgan fingerprint density at radius 3 is 2.30 bits per heavy atom. The molecule has 6 nitrogen and oxygen atoms in total. The van der Waals surface area contributed by atoms with Gasteiger partial charge < -0.3 is 0 Å². The van der Waals surface area contributed by atoms with Gasteiger partial charge in [-0.3, -0.25) is 4.90 Å². The second kappa shape index (κ2) is 6.89. The molecule has 27 heavy (non-hydrogen) atoms. The highest BCUT2D eigenvalue weighted by Gasteiger charge is 2.27. The number of allylic oxidation sites excluding steroid dienone is 1. The molecule has 1 aliphatic carbocycles. The highest BCUT2D eigenvalue weighted by Crippen LogP contribution is 2.35. The minimum Gasteiger partial charge on any atom is -0.292 e. The Morgan fingerprint density at radius 1 is 0.963 bits per heavy atom. The lowest BCUT2D eigenvalue weighted by Crippen LogP contribution is -2.32. The van der Waals surface area contributed by atoms with Gasteiger partial charge in [-0.15, -0.1) is 0 Å². The van der Waals surface area contributed by atoms with Crippen LogP contribution in [0.2, 0.25) is 0 Å². The maximum absolute atomic E-state index is 12.4. The van der Waals surface area contributed by atoms with Gasteiger partial charge in [0, 0.05) is 13.6 Å². The number of fused-ring (bicyclic) bond motifs is 1. The van der Waals surface area contributed by atoms with Gasteiger partial charge in [0.1, 0.15) is 0 Å². The molecule has 138 valence electrons. The number of benzene rings is 2. The summed E-state index contributed by atoms with van der Waals surface area (Å²) in [5, 5.41) is 2.65. The second-order valence-electron chi connectivity index (χ2n) is 6.93. The van der Waals surface area contributed by atoms with Gasteiger partial charge >= 0.3 is 11.4 Å². The highest BCUT2D eigenvalue weighted by molar-refractivity contribution is 5.41. The van der Waals surface area contributed by atoms with Crippen LogP contribution in [0.25, 0.3) is 0 Å². The molecule has 2 aromatic carbocycles. The number of nitrogens with one attached hydrogen (secondary N) is 1. The molecule has 0 radical (unpaired) electrons. The van der Waals surface area contributed by atoms with E-state index in [2.05, 4.69) is 41.3 Å². The summed E-state index contributed by atoms with van der Waals surface area (Å²) in [4.78, 5) is 26.5. The summed E-state index contributed by atoms with van der Waals surface area (Å²) in [6, 6.07) is 18.2. The molecule has 0 saturated carbocycles. The molecule has 1 aliphatic rings. The van der Waals surface area contributed by atoms with Crippen molar-refractivity contribution in [1.29, 1.82) is 0 Å². The monoisotopic (exact) mass is 362 g/mol. The predicted octanol–water partition coefficient (Wildman–Crippen LogP) is 2.21. The van der Waals surface area contributed by atoms with Crippen LogP contribution in [0.1, 0.15) is 28.8 Å². The molecular formula is C21H22N4O2. The van der Waals surface area contributed by atoms with E-state index in [0.717, 1.165) is 22.2 Å². The zero-order valence-corrected chi connectivity index (χ0v) is 15.4. The van der Waals surface area contributed by atoms with Gasteiger partial charge in [0.05, 0.1) is 12.1 Å². The molecule has 1 aromatic heterocycles. The normalized spacial score (nSPS) is 18.6. The van der Waals surface area contributed by atoms with Crippen LogP contribution in [0.15, 0.2) is 76.3 Å².